The summed E-state index contributed by atoms with van der Waals surface area (Å²) >= 11 is 0. The fraction of sp³-hybridized carbons (Fsp3) is 0.533. The highest BCUT2D eigenvalue weighted by molar-refractivity contribution is 7.91. The molecule has 0 spiro atoms. The first-order valence-corrected chi connectivity index (χ1v) is 8.75. The summed E-state index contributed by atoms with van der Waals surface area (Å²) in [5.74, 6) is -0.0132. The van der Waals surface area contributed by atoms with Gasteiger partial charge in [-0.3, -0.25) is 0 Å². The zero-order valence-electron chi connectivity index (χ0n) is 11.9. The molecular weight excluding hydrogens is 288 g/mol. The molecule has 0 bridgehead atoms. The van der Waals surface area contributed by atoms with Crippen LogP contribution in [0, 0.1) is 11.3 Å². The molecule has 0 unspecified atom stereocenters. The number of rotatable bonds is 6. The summed E-state index contributed by atoms with van der Waals surface area (Å²) in [6.07, 6.45) is 3.91. The minimum atomic E-state index is -3.37. The number of hydrogen-bond acceptors (Lipinski definition) is 5. The zero-order valence-corrected chi connectivity index (χ0v) is 12.7. The Morgan fingerprint density at radius 3 is 2.38 bits per heavy atom. The van der Waals surface area contributed by atoms with Crippen molar-refractivity contribution < 1.29 is 13.5 Å². The minimum Gasteiger partial charge on any atom is -0.394 e. The summed E-state index contributed by atoms with van der Waals surface area (Å²) in [6, 6.07) is 7.90. The van der Waals surface area contributed by atoms with E-state index in [1.165, 1.54) is 24.3 Å². The Balaban J connectivity index is 1.96. The van der Waals surface area contributed by atoms with E-state index in [0.717, 1.165) is 25.7 Å². The van der Waals surface area contributed by atoms with Gasteiger partial charge >= 0.3 is 0 Å². The molecule has 114 valence electrons. The van der Waals surface area contributed by atoms with Crippen LogP contribution >= 0.6 is 0 Å². The number of benzene rings is 1. The van der Waals surface area contributed by atoms with Gasteiger partial charge in [0.05, 0.1) is 28.9 Å². The van der Waals surface area contributed by atoms with E-state index in [0.29, 0.717) is 12.1 Å². The van der Waals surface area contributed by atoms with Gasteiger partial charge in [-0.25, -0.2) is 8.42 Å². The number of nitrogens with zero attached hydrogens (tertiary/aromatic N) is 1. The molecule has 2 rings (SSSR count). The molecule has 6 heteroatoms. The summed E-state index contributed by atoms with van der Waals surface area (Å²) in [4.78, 5) is 0.229. The molecule has 1 aliphatic rings. The van der Waals surface area contributed by atoms with Crippen molar-refractivity contribution in [1.82, 2.24) is 5.32 Å². The summed E-state index contributed by atoms with van der Waals surface area (Å²) in [5.41, 5.74) is 0.137. The third-order valence-electron chi connectivity index (χ3n) is 4.08. The lowest BCUT2D eigenvalue weighted by atomic mass is 9.99. The molecule has 5 nitrogen and oxygen atoms in total. The molecule has 21 heavy (non-hydrogen) atoms. The Labute approximate surface area is 125 Å². The van der Waals surface area contributed by atoms with Crippen molar-refractivity contribution in [2.75, 3.05) is 18.9 Å². The molecule has 1 aromatic rings. The topological polar surface area (TPSA) is 90.2 Å². The van der Waals surface area contributed by atoms with Gasteiger partial charge in [0.15, 0.2) is 9.84 Å². The van der Waals surface area contributed by atoms with Crippen LogP contribution < -0.4 is 5.32 Å². The van der Waals surface area contributed by atoms with E-state index < -0.39 is 9.84 Å². The predicted octanol–water partition coefficient (Wildman–Crippen LogP) is 1.23. The van der Waals surface area contributed by atoms with Gasteiger partial charge in [-0.05, 0) is 37.1 Å². The van der Waals surface area contributed by atoms with E-state index in [4.69, 9.17) is 5.26 Å². The van der Waals surface area contributed by atoms with Crippen LogP contribution in [0.3, 0.4) is 0 Å². The van der Waals surface area contributed by atoms with Crippen LogP contribution in [-0.2, 0) is 9.84 Å². The molecular formula is C15H20N2O3S. The van der Waals surface area contributed by atoms with Crippen molar-refractivity contribution in [2.45, 2.75) is 36.1 Å². The van der Waals surface area contributed by atoms with Crippen molar-refractivity contribution in [3.63, 3.8) is 0 Å². The smallest absolute Gasteiger partial charge is 0.179 e. The van der Waals surface area contributed by atoms with E-state index in [9.17, 15) is 13.5 Å². The van der Waals surface area contributed by atoms with Gasteiger partial charge in [0.2, 0.25) is 0 Å². The van der Waals surface area contributed by atoms with Crippen molar-refractivity contribution in [2.24, 2.45) is 0 Å². The summed E-state index contributed by atoms with van der Waals surface area (Å²) in [6.45, 7) is 0.368. The molecule has 0 atom stereocenters. The van der Waals surface area contributed by atoms with E-state index in [1.54, 1.807) is 0 Å². The Hall–Kier alpha value is -1.42. The molecule has 1 aliphatic carbocycles. The first kappa shape index (κ1) is 16.0. The van der Waals surface area contributed by atoms with Crippen LogP contribution in [-0.4, -0.2) is 38.0 Å². The van der Waals surface area contributed by atoms with Gasteiger partial charge in [0.1, 0.15) is 0 Å². The van der Waals surface area contributed by atoms with Crippen molar-refractivity contribution in [3.8, 4) is 6.07 Å². The Bertz CT molecular complexity index is 611. The van der Waals surface area contributed by atoms with Gasteiger partial charge in [-0.1, -0.05) is 12.8 Å². The second-order valence-corrected chi connectivity index (χ2v) is 7.64. The largest absolute Gasteiger partial charge is 0.394 e. The Morgan fingerprint density at radius 1 is 1.24 bits per heavy atom. The van der Waals surface area contributed by atoms with E-state index in [1.807, 2.05) is 6.07 Å². The summed E-state index contributed by atoms with van der Waals surface area (Å²) in [7, 11) is -3.37. The lowest BCUT2D eigenvalue weighted by molar-refractivity contribution is 0.167. The van der Waals surface area contributed by atoms with Crippen LogP contribution in [0.15, 0.2) is 29.2 Å². The second kappa shape index (κ2) is 6.56. The van der Waals surface area contributed by atoms with Crippen LogP contribution in [0.5, 0.6) is 0 Å². The molecule has 0 amide bonds. The number of sulfone groups is 1. The van der Waals surface area contributed by atoms with E-state index in [2.05, 4.69) is 5.32 Å². The lowest BCUT2D eigenvalue weighted by Crippen LogP contribution is -2.47. The third kappa shape index (κ3) is 3.82. The monoisotopic (exact) mass is 308 g/mol. The molecule has 0 saturated heterocycles. The van der Waals surface area contributed by atoms with Gasteiger partial charge < -0.3 is 10.4 Å². The normalized spacial score (nSPS) is 17.5. The van der Waals surface area contributed by atoms with Gasteiger partial charge in [-0.2, -0.15) is 5.26 Å². The van der Waals surface area contributed by atoms with Crippen LogP contribution in [0.1, 0.15) is 31.2 Å². The van der Waals surface area contributed by atoms with Crippen molar-refractivity contribution >= 4 is 9.84 Å². The van der Waals surface area contributed by atoms with Gasteiger partial charge in [-0.15, -0.1) is 0 Å². The van der Waals surface area contributed by atoms with Crippen LogP contribution in [0.25, 0.3) is 0 Å². The fourth-order valence-corrected chi connectivity index (χ4v) is 3.91. The maximum atomic E-state index is 12.2. The van der Waals surface area contributed by atoms with Crippen LogP contribution in [0.4, 0.5) is 0 Å². The fourth-order valence-electron chi connectivity index (χ4n) is 2.75. The Morgan fingerprint density at radius 2 is 1.86 bits per heavy atom. The average Bonchev–Trinajstić information content (AvgIpc) is 2.96. The molecule has 1 saturated carbocycles. The van der Waals surface area contributed by atoms with Crippen molar-refractivity contribution in [1.29, 1.82) is 5.26 Å². The van der Waals surface area contributed by atoms with E-state index >= 15 is 0 Å². The standard InChI is InChI=1S/C15H20N2O3S/c16-11-13-3-5-14(6-4-13)21(19,20)10-9-17-15(12-18)7-1-2-8-15/h3-6,17-18H,1-2,7-10,12H2. The third-order valence-corrected chi connectivity index (χ3v) is 5.81. The highest BCUT2D eigenvalue weighted by atomic mass is 32.2. The maximum absolute atomic E-state index is 12.2. The van der Waals surface area contributed by atoms with E-state index in [-0.39, 0.29) is 22.8 Å². The average molecular weight is 308 g/mol. The number of aliphatic hydroxyl groups excluding tert-OH is 1. The number of nitriles is 1. The Kier molecular flexibility index (Phi) is 4.99. The highest BCUT2D eigenvalue weighted by Gasteiger charge is 2.32. The molecule has 0 radical (unpaired) electrons. The molecule has 0 aromatic heterocycles. The van der Waals surface area contributed by atoms with Crippen molar-refractivity contribution in [3.05, 3.63) is 29.8 Å². The maximum Gasteiger partial charge on any atom is 0.179 e. The number of hydrogen-bond donors (Lipinski definition) is 2. The van der Waals surface area contributed by atoms with Crippen LogP contribution in [0.2, 0.25) is 0 Å². The molecule has 1 aromatic carbocycles. The number of nitrogens with one attached hydrogen (secondary N) is 1. The minimum absolute atomic E-state index is 0.0132. The molecule has 0 aliphatic heterocycles. The highest BCUT2D eigenvalue weighted by Crippen LogP contribution is 2.28. The molecule has 2 N–H and O–H groups in total. The first-order valence-electron chi connectivity index (χ1n) is 7.10. The summed E-state index contributed by atoms with van der Waals surface area (Å²) < 4.78 is 24.4. The molecule has 1 fully saturated rings. The zero-order chi connectivity index (χ0) is 15.3. The van der Waals surface area contributed by atoms with Gasteiger partial charge in [0, 0.05) is 12.1 Å². The second-order valence-electron chi connectivity index (χ2n) is 5.53. The summed E-state index contributed by atoms with van der Waals surface area (Å²) in [5, 5.41) is 21.4. The SMILES string of the molecule is N#Cc1ccc(S(=O)(=O)CCNC2(CO)CCCC2)cc1. The lowest BCUT2D eigenvalue weighted by Gasteiger charge is -2.28. The number of aliphatic hydroxyl groups is 1. The predicted molar refractivity (Wildman–Crippen MR) is 79.5 cm³/mol. The first-order chi connectivity index (χ1) is 10.0. The van der Waals surface area contributed by atoms with Gasteiger partial charge in [0.25, 0.3) is 0 Å². The quantitative estimate of drug-likeness (QED) is 0.825. The molecule has 0 heterocycles.